The molecular weight excluding hydrogens is 357 g/mol. The number of carbonyl (C=O) groups excluding carboxylic acids is 1. The molecule has 3 aromatic rings. The molecule has 5 nitrogen and oxygen atoms in total. The molecule has 4 rings (SSSR count). The van der Waals surface area contributed by atoms with Crippen molar-refractivity contribution in [2.24, 2.45) is 0 Å². The predicted octanol–water partition coefficient (Wildman–Crippen LogP) is 3.58. The highest BCUT2D eigenvalue weighted by Gasteiger charge is 2.32. The Morgan fingerprint density at radius 3 is 2.64 bits per heavy atom. The lowest BCUT2D eigenvalue weighted by Crippen LogP contribution is -2.32. The van der Waals surface area contributed by atoms with Crippen LogP contribution >= 0.6 is 0 Å². The van der Waals surface area contributed by atoms with Crippen molar-refractivity contribution in [2.75, 3.05) is 0 Å². The van der Waals surface area contributed by atoms with E-state index in [4.69, 9.17) is 0 Å². The van der Waals surface area contributed by atoms with Gasteiger partial charge in [-0.3, -0.25) is 9.59 Å². The van der Waals surface area contributed by atoms with Crippen LogP contribution in [-0.2, 0) is 17.8 Å². The normalized spacial score (nSPS) is 13.6. The largest absolute Gasteiger partial charge is 0.335 e. The highest BCUT2D eigenvalue weighted by Crippen LogP contribution is 2.29. The number of fused-ring (bicyclic) bond motifs is 1. The summed E-state index contributed by atoms with van der Waals surface area (Å²) in [4.78, 5) is 34.0. The van der Waals surface area contributed by atoms with Crippen LogP contribution < -0.4 is 5.56 Å². The number of rotatable bonds is 7. The Hall–Kier alpha value is -3.02. The van der Waals surface area contributed by atoms with Crippen molar-refractivity contribution in [1.29, 1.82) is 0 Å². The molecule has 1 aliphatic carbocycles. The van der Waals surface area contributed by atoms with E-state index in [2.05, 4.69) is 9.97 Å². The molecule has 28 heavy (non-hydrogen) atoms. The van der Waals surface area contributed by atoms with Crippen LogP contribution in [0.1, 0.15) is 37.1 Å². The molecule has 1 N–H and O–H groups in total. The van der Waals surface area contributed by atoms with Crippen LogP contribution in [0.2, 0.25) is 0 Å². The molecule has 144 valence electrons. The van der Waals surface area contributed by atoms with Gasteiger partial charge in [0.1, 0.15) is 11.6 Å². The van der Waals surface area contributed by atoms with Gasteiger partial charge in [-0.05, 0) is 49.1 Å². The smallest absolute Gasteiger partial charge is 0.258 e. The maximum Gasteiger partial charge on any atom is 0.258 e. The first-order valence-corrected chi connectivity index (χ1v) is 9.62. The number of nitrogens with one attached hydrogen (secondary N) is 1. The maximum atomic E-state index is 13.1. The number of aryl methyl sites for hydroxylation is 1. The first-order chi connectivity index (χ1) is 13.6. The number of H-pyrrole nitrogens is 1. The fraction of sp³-hybridized carbons (Fsp3) is 0.318. The summed E-state index contributed by atoms with van der Waals surface area (Å²) >= 11 is 0. The Balaban J connectivity index is 1.37. The molecule has 1 saturated carbocycles. The van der Waals surface area contributed by atoms with Crippen LogP contribution in [-0.4, -0.2) is 26.8 Å². The molecule has 0 atom stereocenters. The van der Waals surface area contributed by atoms with Gasteiger partial charge >= 0.3 is 0 Å². The molecule has 1 heterocycles. The van der Waals surface area contributed by atoms with Gasteiger partial charge in [0.15, 0.2) is 0 Å². The summed E-state index contributed by atoms with van der Waals surface area (Å²) in [6, 6.07) is 13.8. The predicted molar refractivity (Wildman–Crippen MR) is 105 cm³/mol. The van der Waals surface area contributed by atoms with E-state index in [-0.39, 0.29) is 23.3 Å². The lowest BCUT2D eigenvalue weighted by atomic mass is 10.1. The minimum Gasteiger partial charge on any atom is -0.335 e. The number of nitrogens with zero attached hydrogens (tertiary/aromatic N) is 2. The van der Waals surface area contributed by atoms with Gasteiger partial charge in [0.05, 0.1) is 10.9 Å². The van der Waals surface area contributed by atoms with E-state index in [1.54, 1.807) is 18.2 Å². The fourth-order valence-electron chi connectivity index (χ4n) is 3.40. The van der Waals surface area contributed by atoms with Crippen molar-refractivity contribution < 1.29 is 9.18 Å². The van der Waals surface area contributed by atoms with Gasteiger partial charge in [-0.25, -0.2) is 9.37 Å². The zero-order valence-electron chi connectivity index (χ0n) is 15.5. The first kappa shape index (κ1) is 18.3. The Morgan fingerprint density at radius 2 is 1.89 bits per heavy atom. The average molecular weight is 379 g/mol. The van der Waals surface area contributed by atoms with Gasteiger partial charge < -0.3 is 9.88 Å². The van der Waals surface area contributed by atoms with E-state index >= 15 is 0 Å². The minimum atomic E-state index is -0.273. The number of aromatic amines is 1. The highest BCUT2D eigenvalue weighted by molar-refractivity contribution is 5.77. The zero-order chi connectivity index (χ0) is 19.5. The number of hydrogen-bond acceptors (Lipinski definition) is 3. The number of benzene rings is 2. The molecule has 0 bridgehead atoms. The molecule has 1 aliphatic rings. The van der Waals surface area contributed by atoms with E-state index in [0.717, 1.165) is 18.4 Å². The van der Waals surface area contributed by atoms with Crippen LogP contribution in [0.3, 0.4) is 0 Å². The van der Waals surface area contributed by atoms with Crippen LogP contribution in [0.15, 0.2) is 53.3 Å². The third-order valence-electron chi connectivity index (χ3n) is 5.04. The summed E-state index contributed by atoms with van der Waals surface area (Å²) in [7, 11) is 0. The summed E-state index contributed by atoms with van der Waals surface area (Å²) in [5.74, 6) is 0.424. The van der Waals surface area contributed by atoms with Crippen molar-refractivity contribution >= 4 is 16.8 Å². The second-order valence-electron chi connectivity index (χ2n) is 7.26. The summed E-state index contributed by atoms with van der Waals surface area (Å²) in [6.07, 6.45) is 3.60. The van der Waals surface area contributed by atoms with Crippen molar-refractivity contribution in [3.63, 3.8) is 0 Å². The fourth-order valence-corrected chi connectivity index (χ4v) is 3.40. The Kier molecular flexibility index (Phi) is 5.19. The second kappa shape index (κ2) is 7.92. The Bertz CT molecular complexity index is 1040. The molecule has 2 aromatic carbocycles. The molecule has 1 aromatic heterocycles. The Labute approximate surface area is 162 Å². The zero-order valence-corrected chi connectivity index (χ0v) is 15.5. The molecule has 0 radical (unpaired) electrons. The minimum absolute atomic E-state index is 0.0926. The van der Waals surface area contributed by atoms with Gasteiger partial charge in [-0.15, -0.1) is 0 Å². The number of para-hydroxylation sites is 1. The molecule has 1 amide bonds. The number of carbonyl (C=O) groups is 1. The number of aromatic nitrogens is 2. The number of hydrogen-bond donors (Lipinski definition) is 1. The van der Waals surface area contributed by atoms with E-state index in [1.807, 2.05) is 23.1 Å². The van der Waals surface area contributed by atoms with E-state index in [1.165, 1.54) is 12.1 Å². The van der Waals surface area contributed by atoms with Crippen LogP contribution in [0, 0.1) is 5.82 Å². The average Bonchev–Trinajstić information content (AvgIpc) is 3.52. The molecule has 6 heteroatoms. The standard InChI is InChI=1S/C22H22FN3O2/c23-16-10-8-15(9-11-16)14-26(17-12-13-17)21(27)7-3-6-20-24-19-5-2-1-4-18(19)22(28)25-20/h1-2,4-5,8-11,17H,3,6-7,12-14H2,(H,24,25,28). The lowest BCUT2D eigenvalue weighted by molar-refractivity contribution is -0.132. The van der Waals surface area contributed by atoms with E-state index in [9.17, 15) is 14.0 Å². The molecule has 0 unspecified atom stereocenters. The molecule has 1 fully saturated rings. The quantitative estimate of drug-likeness (QED) is 0.682. The maximum absolute atomic E-state index is 13.1. The van der Waals surface area contributed by atoms with Crippen LogP contribution in [0.25, 0.3) is 10.9 Å². The summed E-state index contributed by atoms with van der Waals surface area (Å²) in [6.45, 7) is 0.509. The first-order valence-electron chi connectivity index (χ1n) is 9.62. The van der Waals surface area contributed by atoms with E-state index < -0.39 is 0 Å². The third-order valence-corrected chi connectivity index (χ3v) is 5.04. The van der Waals surface area contributed by atoms with Gasteiger partial charge in [0.25, 0.3) is 5.56 Å². The van der Waals surface area contributed by atoms with Gasteiger partial charge in [-0.1, -0.05) is 24.3 Å². The van der Waals surface area contributed by atoms with Crippen molar-refractivity contribution in [1.82, 2.24) is 14.9 Å². The second-order valence-corrected chi connectivity index (χ2v) is 7.26. The van der Waals surface area contributed by atoms with Gasteiger partial charge in [0.2, 0.25) is 5.91 Å². The van der Waals surface area contributed by atoms with E-state index in [0.29, 0.717) is 42.5 Å². The molecule has 0 spiro atoms. The number of halogens is 1. The molecule has 0 saturated heterocycles. The van der Waals surface area contributed by atoms with Crippen molar-refractivity contribution in [3.05, 3.63) is 76.1 Å². The van der Waals surface area contributed by atoms with Gasteiger partial charge in [0, 0.05) is 25.4 Å². The number of amides is 1. The molecule has 0 aliphatic heterocycles. The summed E-state index contributed by atoms with van der Waals surface area (Å²) in [5, 5.41) is 0.571. The van der Waals surface area contributed by atoms with Crippen molar-refractivity contribution in [3.8, 4) is 0 Å². The monoisotopic (exact) mass is 379 g/mol. The Morgan fingerprint density at radius 1 is 1.14 bits per heavy atom. The summed E-state index contributed by atoms with van der Waals surface area (Å²) < 4.78 is 13.1. The lowest BCUT2D eigenvalue weighted by Gasteiger charge is -2.22. The SMILES string of the molecule is O=C(CCCc1nc2ccccc2c(=O)[nH]1)N(Cc1ccc(F)cc1)C1CC1. The topological polar surface area (TPSA) is 66.1 Å². The van der Waals surface area contributed by atoms with Crippen molar-refractivity contribution in [2.45, 2.75) is 44.7 Å². The highest BCUT2D eigenvalue weighted by atomic mass is 19.1. The summed E-state index contributed by atoms with van der Waals surface area (Å²) in [5.41, 5.74) is 1.45. The van der Waals surface area contributed by atoms with Crippen LogP contribution in [0.4, 0.5) is 4.39 Å². The van der Waals surface area contributed by atoms with Gasteiger partial charge in [-0.2, -0.15) is 0 Å². The molecular formula is C22H22FN3O2. The van der Waals surface area contributed by atoms with Crippen LogP contribution in [0.5, 0.6) is 0 Å². The third kappa shape index (κ3) is 4.27.